The molecular weight excluding hydrogens is 1490 g/mol. The monoisotopic (exact) mass is 1580 g/mol. The van der Waals surface area contributed by atoms with Crippen molar-refractivity contribution < 1.29 is 64.1 Å². The molecule has 0 radical (unpaired) electrons. The topological polar surface area (TPSA) is 275 Å². The van der Waals surface area contributed by atoms with Gasteiger partial charge in [0.25, 0.3) is 33.1 Å². The Bertz CT molecular complexity index is 4970. The maximum atomic E-state index is 13.7. The molecule has 0 amide bonds. The van der Waals surface area contributed by atoms with E-state index >= 15 is 0 Å². The summed E-state index contributed by atoms with van der Waals surface area (Å²) in [6.45, 7) is 4.13. The van der Waals surface area contributed by atoms with Crippen molar-refractivity contribution in [2.24, 2.45) is 0 Å². The number of methoxy groups -OCH3 is 4. The zero-order valence-corrected chi connectivity index (χ0v) is 65.8. The minimum Gasteiger partial charge on any atom is -0.497 e. The van der Waals surface area contributed by atoms with Gasteiger partial charge in [0.1, 0.15) is 34.2 Å². The molecule has 22 nitrogen and oxygen atoms in total. The number of aromatic nitrogens is 4. The second-order valence-electron chi connectivity index (χ2n) is 25.0. The molecular formula is C82H89ClN4O18S4. The maximum absolute atomic E-state index is 13.7. The summed E-state index contributed by atoms with van der Waals surface area (Å²) in [5, 5.41) is 9.21. The van der Waals surface area contributed by atoms with Gasteiger partial charge in [-0.05, 0) is 157 Å². The SMILES string of the molecule is COc1ccc(C(OCC(CCn2cc(C)c(=O)n(C(=O)c3ccccc3)c2=O)SCCCO)(c2ccccc2)c2ccc(OC)cc2)cc1.COc1ccc(C(OCC(CCn2cc(C)c(=O)n(C(=O)c3ccccc3)c2=O)SCCCOS(C)(=O)=O)(c2ccccc2)c2ccc(OC)cc2)cc1.CS(=O)(=O)Cl. The van der Waals surface area contributed by atoms with Gasteiger partial charge in [-0.25, -0.2) is 18.0 Å². The third-order valence-corrected chi connectivity index (χ3v) is 20.7. The lowest BCUT2D eigenvalue weighted by molar-refractivity contribution is 0.0126. The maximum Gasteiger partial charge on any atom is 0.338 e. The quantitative estimate of drug-likeness (QED) is 0.0170. The summed E-state index contributed by atoms with van der Waals surface area (Å²) in [6.07, 6.45) is 6.87. The highest BCUT2D eigenvalue weighted by molar-refractivity contribution is 8.13. The molecule has 0 aliphatic heterocycles. The molecule has 0 saturated carbocycles. The molecule has 2 atom stereocenters. The van der Waals surface area contributed by atoms with E-state index in [1.54, 1.807) is 126 Å². The highest BCUT2D eigenvalue weighted by Gasteiger charge is 2.41. The predicted octanol–water partition coefficient (Wildman–Crippen LogP) is 12.0. The van der Waals surface area contributed by atoms with Gasteiger partial charge < -0.3 is 33.5 Å². The van der Waals surface area contributed by atoms with E-state index in [4.69, 9.17) is 32.6 Å². The van der Waals surface area contributed by atoms with Crippen molar-refractivity contribution in [2.75, 3.05) is 78.9 Å². The molecule has 10 aromatic rings. The Morgan fingerprint density at radius 1 is 0.450 bits per heavy atom. The van der Waals surface area contributed by atoms with E-state index < -0.39 is 64.7 Å². The van der Waals surface area contributed by atoms with Crippen molar-refractivity contribution in [2.45, 2.75) is 74.3 Å². The number of rotatable bonds is 34. The van der Waals surface area contributed by atoms with Gasteiger partial charge in [-0.15, -0.1) is 0 Å². The molecule has 0 fully saturated rings. The predicted molar refractivity (Wildman–Crippen MR) is 428 cm³/mol. The normalized spacial score (nSPS) is 12.1. The number of ether oxygens (including phenoxy) is 6. The summed E-state index contributed by atoms with van der Waals surface area (Å²) in [7, 11) is 4.19. The summed E-state index contributed by atoms with van der Waals surface area (Å²) >= 11 is 3.21. The lowest BCUT2D eigenvalue weighted by Gasteiger charge is -2.37. The van der Waals surface area contributed by atoms with Crippen LogP contribution in [0.1, 0.15) is 90.9 Å². The largest absolute Gasteiger partial charge is 0.497 e. The Morgan fingerprint density at radius 2 is 0.734 bits per heavy atom. The average molecular weight is 1580 g/mol. The van der Waals surface area contributed by atoms with Gasteiger partial charge in [-0.3, -0.25) is 32.5 Å². The van der Waals surface area contributed by atoms with Gasteiger partial charge in [0.15, 0.2) is 0 Å². The van der Waals surface area contributed by atoms with Crippen molar-refractivity contribution in [1.82, 2.24) is 18.3 Å². The van der Waals surface area contributed by atoms with Crippen LogP contribution >= 0.6 is 34.2 Å². The summed E-state index contributed by atoms with van der Waals surface area (Å²) < 4.78 is 87.4. The number of aliphatic hydroxyl groups excluding tert-OH is 1. The Labute approximate surface area is 647 Å². The molecule has 576 valence electrons. The fraction of sp³-hybridized carbons (Fsp3) is 0.293. The van der Waals surface area contributed by atoms with Crippen molar-refractivity contribution in [3.8, 4) is 23.0 Å². The molecule has 2 aromatic heterocycles. The van der Waals surface area contributed by atoms with Crippen molar-refractivity contribution in [3.05, 3.63) is 328 Å². The lowest BCUT2D eigenvalue weighted by Crippen LogP contribution is -2.44. The van der Waals surface area contributed by atoms with Crippen LogP contribution in [-0.4, -0.2) is 141 Å². The molecule has 8 aromatic carbocycles. The van der Waals surface area contributed by atoms with Crippen LogP contribution in [0.3, 0.4) is 0 Å². The summed E-state index contributed by atoms with van der Waals surface area (Å²) in [5.74, 6) is 2.66. The third kappa shape index (κ3) is 23.2. The molecule has 27 heteroatoms. The zero-order chi connectivity index (χ0) is 78.7. The smallest absolute Gasteiger partial charge is 0.338 e. The van der Waals surface area contributed by atoms with Crippen LogP contribution in [0.4, 0.5) is 0 Å². The molecule has 109 heavy (non-hydrogen) atoms. The number of halogens is 1. The Balaban J connectivity index is 0.000000259. The van der Waals surface area contributed by atoms with Crippen LogP contribution in [0.15, 0.2) is 250 Å². The number of hydrogen-bond donors (Lipinski definition) is 1. The first-order valence-corrected chi connectivity index (χ1v) is 41.3. The summed E-state index contributed by atoms with van der Waals surface area (Å²) in [6, 6.07) is 67.4. The number of nitrogens with zero attached hydrogens (tertiary/aromatic N) is 4. The molecule has 2 heterocycles. The second-order valence-corrected chi connectivity index (χ2v) is 32.5. The first-order valence-electron chi connectivity index (χ1n) is 34.7. The van der Waals surface area contributed by atoms with Crippen LogP contribution in [0, 0.1) is 13.8 Å². The van der Waals surface area contributed by atoms with E-state index in [2.05, 4.69) is 10.7 Å². The van der Waals surface area contributed by atoms with Crippen molar-refractivity contribution >= 4 is 65.2 Å². The summed E-state index contributed by atoms with van der Waals surface area (Å²) in [5.41, 5.74) is 1.45. The molecule has 1 N–H and O–H groups in total. The molecule has 0 aliphatic rings. The van der Waals surface area contributed by atoms with Gasteiger partial charge in [0, 0.05) is 75.5 Å². The Morgan fingerprint density at radius 3 is 1.02 bits per heavy atom. The second kappa shape index (κ2) is 40.7. The minimum absolute atomic E-state index is 0.0241. The Kier molecular flexibility index (Phi) is 31.8. The molecule has 0 aliphatic carbocycles. The van der Waals surface area contributed by atoms with Gasteiger partial charge >= 0.3 is 11.4 Å². The van der Waals surface area contributed by atoms with Crippen LogP contribution in [0.25, 0.3) is 0 Å². The number of thioether (sulfide) groups is 2. The molecule has 10 rings (SSSR count). The van der Waals surface area contributed by atoms with Crippen LogP contribution < -0.4 is 41.4 Å². The fourth-order valence-corrected chi connectivity index (χ4v) is 14.5. The van der Waals surface area contributed by atoms with Gasteiger partial charge in [0.05, 0.1) is 60.8 Å². The first-order chi connectivity index (χ1) is 52.3. The number of carbonyl (C=O) groups is 2. The fourth-order valence-electron chi connectivity index (χ4n) is 12.0. The van der Waals surface area contributed by atoms with E-state index in [1.807, 2.05) is 158 Å². The minimum atomic E-state index is -3.59. The highest BCUT2D eigenvalue weighted by Crippen LogP contribution is 2.44. The summed E-state index contributed by atoms with van der Waals surface area (Å²) in [4.78, 5) is 80.1. The van der Waals surface area contributed by atoms with Gasteiger partial charge in [0.2, 0.25) is 9.05 Å². The van der Waals surface area contributed by atoms with Crippen molar-refractivity contribution in [3.63, 3.8) is 0 Å². The van der Waals surface area contributed by atoms with E-state index in [0.717, 1.165) is 57.4 Å². The van der Waals surface area contributed by atoms with E-state index in [1.165, 1.54) is 21.5 Å². The lowest BCUT2D eigenvalue weighted by atomic mass is 9.80. The van der Waals surface area contributed by atoms with Gasteiger partial charge in [-0.1, -0.05) is 146 Å². The standard InChI is InChI=1S/C41H44N2O9S2.C40H42N2O7S.CH3ClO2S/c1-30-28-42(40(46)43(38(30)44)39(45)31-12-7-5-8-13-31)25-24-37(53-27-11-26-52-54(4,47)48)29-51-41(32-14-9-6-10-15-32,33-16-20-35(49-2)21-17-33)34-18-22-36(50-3)23-19-34;1-29-27-41(39(46)42(37(29)44)38(45)30-11-6-4-7-12-30)24-23-36(50-26-10-25-43)28-49-40(31-13-8-5-9-14-31,32-15-19-34(47-2)20-16-32)33-17-21-35(48-3)22-18-33;1-5(2,3)4/h5-10,12-23,28,37H,11,24-27,29H2,1-4H3;4-9,11-22,27,36,43H,10,23-26,28H2,1-3H3;1H3. The Hall–Kier alpha value is -9.61. The first kappa shape index (κ1) is 85.0. The third-order valence-electron chi connectivity index (χ3n) is 17.4. The highest BCUT2D eigenvalue weighted by atomic mass is 35.7. The molecule has 0 bridgehead atoms. The van der Waals surface area contributed by atoms with E-state index in [-0.39, 0.29) is 72.3 Å². The molecule has 0 saturated heterocycles. The molecule has 2 unspecified atom stereocenters. The number of hydrogen-bond acceptors (Lipinski definition) is 20. The number of benzene rings is 8. The molecule has 0 spiro atoms. The van der Waals surface area contributed by atoms with Crippen LogP contribution in [0.2, 0.25) is 0 Å². The zero-order valence-electron chi connectivity index (χ0n) is 61.8. The van der Waals surface area contributed by atoms with E-state index in [0.29, 0.717) is 57.8 Å². The van der Waals surface area contributed by atoms with Crippen LogP contribution in [-0.2, 0) is 57.1 Å². The van der Waals surface area contributed by atoms with Crippen LogP contribution in [0.5, 0.6) is 23.0 Å². The number of aliphatic hydroxyl groups is 1. The van der Waals surface area contributed by atoms with Crippen molar-refractivity contribution in [1.29, 1.82) is 0 Å². The average Bonchev–Trinajstić information content (AvgIpc) is 0.755. The number of carbonyl (C=O) groups excluding carboxylic acids is 2. The van der Waals surface area contributed by atoms with Gasteiger partial charge in [-0.2, -0.15) is 41.1 Å². The number of aryl methyl sites for hydroxylation is 4. The van der Waals surface area contributed by atoms with E-state index in [9.17, 15) is 50.7 Å².